The van der Waals surface area contributed by atoms with Gasteiger partial charge in [-0.05, 0) is 12.0 Å². The lowest BCUT2D eigenvalue weighted by molar-refractivity contribution is -0.142. The quantitative estimate of drug-likeness (QED) is 0.715. The Kier molecular flexibility index (Phi) is 6.43. The highest BCUT2D eigenvalue weighted by Crippen LogP contribution is 2.21. The second-order valence-electron chi connectivity index (χ2n) is 7.37. The number of hydrogen-bond donors (Lipinski definition) is 1. The lowest BCUT2D eigenvalue weighted by atomic mass is 9.98. The molecule has 2 aromatic rings. The standard InChI is InChI=1S/C19H25N5O4S/c1-14(2)17(18(25)26)13-29(27,28)24-8-6-23(7-9-24)19-21-11-16(12-22-19)15-4-3-5-20-10-15/h3-5,10-12,14,17H,6-9,13H2,1-2H3,(H,25,26)/t17-/m1/s1. The molecule has 0 aromatic carbocycles. The Bertz CT molecular complexity index is 927. The molecule has 0 spiro atoms. The number of piperazine rings is 1. The minimum absolute atomic E-state index is 0.254. The molecule has 0 saturated carbocycles. The summed E-state index contributed by atoms with van der Waals surface area (Å²) in [5.74, 6) is -2.09. The van der Waals surface area contributed by atoms with Gasteiger partial charge < -0.3 is 10.0 Å². The van der Waals surface area contributed by atoms with Crippen LogP contribution in [0.15, 0.2) is 36.9 Å². The van der Waals surface area contributed by atoms with E-state index in [4.69, 9.17) is 0 Å². The molecular formula is C19H25N5O4S. The van der Waals surface area contributed by atoms with Crippen LogP contribution in [0.4, 0.5) is 5.95 Å². The van der Waals surface area contributed by atoms with Crippen LogP contribution < -0.4 is 4.90 Å². The first-order chi connectivity index (χ1) is 13.8. The number of sulfonamides is 1. The van der Waals surface area contributed by atoms with Crippen LogP contribution in [0.1, 0.15) is 13.8 Å². The molecule has 9 nitrogen and oxygen atoms in total. The van der Waals surface area contributed by atoms with Gasteiger partial charge in [0.1, 0.15) is 0 Å². The van der Waals surface area contributed by atoms with Gasteiger partial charge in [-0.25, -0.2) is 18.4 Å². The molecule has 1 atom stereocenters. The van der Waals surface area contributed by atoms with E-state index < -0.39 is 21.9 Å². The second kappa shape index (κ2) is 8.83. The zero-order valence-corrected chi connectivity index (χ0v) is 17.3. The molecule has 10 heteroatoms. The van der Waals surface area contributed by atoms with E-state index in [2.05, 4.69) is 15.0 Å². The van der Waals surface area contributed by atoms with Gasteiger partial charge in [-0.2, -0.15) is 4.31 Å². The molecule has 3 heterocycles. The number of rotatable bonds is 7. The number of aromatic nitrogens is 3. The summed E-state index contributed by atoms with van der Waals surface area (Å²) < 4.78 is 26.7. The SMILES string of the molecule is CC(C)[C@@H](CS(=O)(=O)N1CCN(c2ncc(-c3cccnc3)cn2)CC1)C(=O)O. The maximum atomic E-state index is 12.7. The summed E-state index contributed by atoms with van der Waals surface area (Å²) in [7, 11) is -3.64. The van der Waals surface area contributed by atoms with Crippen molar-refractivity contribution in [2.75, 3.05) is 36.8 Å². The van der Waals surface area contributed by atoms with Crippen molar-refractivity contribution < 1.29 is 18.3 Å². The third kappa shape index (κ3) is 5.07. The zero-order chi connectivity index (χ0) is 21.0. The first-order valence-electron chi connectivity index (χ1n) is 9.46. The van der Waals surface area contributed by atoms with Crippen LogP contribution in [0.3, 0.4) is 0 Å². The van der Waals surface area contributed by atoms with Crippen molar-refractivity contribution in [3.8, 4) is 11.1 Å². The minimum Gasteiger partial charge on any atom is -0.481 e. The van der Waals surface area contributed by atoms with Crippen molar-refractivity contribution in [2.45, 2.75) is 13.8 Å². The summed E-state index contributed by atoms with van der Waals surface area (Å²) in [5, 5.41) is 9.29. The van der Waals surface area contributed by atoms with Gasteiger partial charge >= 0.3 is 5.97 Å². The minimum atomic E-state index is -3.64. The Morgan fingerprint density at radius 2 is 1.76 bits per heavy atom. The van der Waals surface area contributed by atoms with E-state index >= 15 is 0 Å². The van der Waals surface area contributed by atoms with Crippen molar-refractivity contribution in [1.29, 1.82) is 0 Å². The third-order valence-electron chi connectivity index (χ3n) is 5.06. The number of carbonyl (C=O) groups is 1. The second-order valence-corrected chi connectivity index (χ2v) is 9.38. The Morgan fingerprint density at radius 3 is 2.28 bits per heavy atom. The van der Waals surface area contributed by atoms with Gasteiger partial charge in [0.15, 0.2) is 0 Å². The Labute approximate surface area is 170 Å². The van der Waals surface area contributed by atoms with Crippen molar-refractivity contribution in [2.24, 2.45) is 11.8 Å². The molecule has 1 aliphatic rings. The molecule has 0 bridgehead atoms. The molecular weight excluding hydrogens is 394 g/mol. The van der Waals surface area contributed by atoms with Gasteiger partial charge in [-0.1, -0.05) is 19.9 Å². The summed E-state index contributed by atoms with van der Waals surface area (Å²) in [6, 6.07) is 3.77. The predicted octanol–water partition coefficient (Wildman–Crippen LogP) is 1.35. The van der Waals surface area contributed by atoms with Crippen molar-refractivity contribution >= 4 is 21.9 Å². The molecule has 2 aromatic heterocycles. The van der Waals surface area contributed by atoms with Crippen LogP contribution in [-0.4, -0.2) is 70.7 Å². The molecule has 0 radical (unpaired) electrons. The number of pyridine rings is 1. The van der Waals surface area contributed by atoms with Crippen LogP contribution >= 0.6 is 0 Å². The van der Waals surface area contributed by atoms with Gasteiger partial charge in [-0.15, -0.1) is 0 Å². The third-order valence-corrected chi connectivity index (χ3v) is 6.99. The van der Waals surface area contributed by atoms with Gasteiger partial charge in [0, 0.05) is 62.1 Å². The highest BCUT2D eigenvalue weighted by Gasteiger charge is 2.34. The van der Waals surface area contributed by atoms with E-state index in [-0.39, 0.29) is 24.8 Å². The molecule has 29 heavy (non-hydrogen) atoms. The number of aliphatic carboxylic acids is 1. The Morgan fingerprint density at radius 1 is 1.10 bits per heavy atom. The van der Waals surface area contributed by atoms with E-state index in [1.54, 1.807) is 38.6 Å². The fraction of sp³-hybridized carbons (Fsp3) is 0.474. The smallest absolute Gasteiger partial charge is 0.307 e. The van der Waals surface area contributed by atoms with E-state index in [9.17, 15) is 18.3 Å². The molecule has 0 unspecified atom stereocenters. The van der Waals surface area contributed by atoms with Gasteiger partial charge in [-0.3, -0.25) is 9.78 Å². The lowest BCUT2D eigenvalue weighted by Crippen LogP contribution is -2.50. The van der Waals surface area contributed by atoms with Crippen molar-refractivity contribution in [1.82, 2.24) is 19.3 Å². The molecule has 1 aliphatic heterocycles. The van der Waals surface area contributed by atoms with Crippen LogP contribution in [0.2, 0.25) is 0 Å². The molecule has 156 valence electrons. The van der Waals surface area contributed by atoms with E-state index in [0.29, 0.717) is 19.0 Å². The average Bonchev–Trinajstić information content (AvgIpc) is 2.72. The summed E-state index contributed by atoms with van der Waals surface area (Å²) >= 11 is 0. The molecule has 0 amide bonds. The van der Waals surface area contributed by atoms with E-state index in [0.717, 1.165) is 11.1 Å². The summed E-state index contributed by atoms with van der Waals surface area (Å²) in [5.41, 5.74) is 1.78. The van der Waals surface area contributed by atoms with Crippen LogP contribution in [-0.2, 0) is 14.8 Å². The normalized spacial score (nSPS) is 16.7. The van der Waals surface area contributed by atoms with Crippen molar-refractivity contribution in [3.05, 3.63) is 36.9 Å². The maximum absolute atomic E-state index is 12.7. The highest BCUT2D eigenvalue weighted by atomic mass is 32.2. The topological polar surface area (TPSA) is 117 Å². The molecule has 3 rings (SSSR count). The monoisotopic (exact) mass is 419 g/mol. The van der Waals surface area contributed by atoms with E-state index in [1.165, 1.54) is 4.31 Å². The largest absolute Gasteiger partial charge is 0.481 e. The number of carboxylic acid groups (broad SMARTS) is 1. The number of carboxylic acids is 1. The molecule has 0 aliphatic carbocycles. The van der Waals surface area contributed by atoms with Gasteiger partial charge in [0.25, 0.3) is 0 Å². The fourth-order valence-electron chi connectivity index (χ4n) is 3.21. The summed E-state index contributed by atoms with van der Waals surface area (Å²) in [4.78, 5) is 26.2. The van der Waals surface area contributed by atoms with Crippen molar-refractivity contribution in [3.63, 3.8) is 0 Å². The van der Waals surface area contributed by atoms with Gasteiger partial charge in [0.2, 0.25) is 16.0 Å². The first kappa shape index (κ1) is 21.1. The van der Waals surface area contributed by atoms with Crippen LogP contribution in [0.5, 0.6) is 0 Å². The lowest BCUT2D eigenvalue weighted by Gasteiger charge is -2.34. The molecule has 1 fully saturated rings. The van der Waals surface area contributed by atoms with Gasteiger partial charge in [0.05, 0.1) is 11.7 Å². The zero-order valence-electron chi connectivity index (χ0n) is 16.5. The number of anilines is 1. The molecule has 1 N–H and O–H groups in total. The average molecular weight is 420 g/mol. The predicted molar refractivity (Wildman–Crippen MR) is 109 cm³/mol. The maximum Gasteiger partial charge on any atom is 0.307 e. The van der Waals surface area contributed by atoms with Crippen LogP contribution in [0, 0.1) is 11.8 Å². The van der Waals surface area contributed by atoms with E-state index in [1.807, 2.05) is 17.0 Å². The summed E-state index contributed by atoms with van der Waals surface area (Å²) in [6.45, 7) is 4.90. The Balaban J connectivity index is 1.62. The summed E-state index contributed by atoms with van der Waals surface area (Å²) in [6.07, 6.45) is 6.89. The Hall–Kier alpha value is -2.59. The molecule has 1 saturated heterocycles. The first-order valence-corrected chi connectivity index (χ1v) is 11.1. The number of nitrogens with zero attached hydrogens (tertiary/aromatic N) is 5. The van der Waals surface area contributed by atoms with Crippen LogP contribution in [0.25, 0.3) is 11.1 Å². The fourth-order valence-corrected chi connectivity index (χ4v) is 5.13. The highest BCUT2D eigenvalue weighted by molar-refractivity contribution is 7.89. The number of hydrogen-bond acceptors (Lipinski definition) is 7.